The predicted molar refractivity (Wildman–Crippen MR) is 120 cm³/mol. The Morgan fingerprint density at radius 1 is 0.786 bits per heavy atom. The van der Waals surface area contributed by atoms with Gasteiger partial charge in [-0.05, 0) is 60.0 Å². The third-order valence-electron chi connectivity index (χ3n) is 6.61. The van der Waals surface area contributed by atoms with Gasteiger partial charge in [-0.1, -0.05) is 76.8 Å². The summed E-state index contributed by atoms with van der Waals surface area (Å²) in [6, 6.07) is 14.5. The molecule has 0 heterocycles. The first-order valence-corrected chi connectivity index (χ1v) is 12.5. The van der Waals surface area contributed by atoms with Gasteiger partial charge < -0.3 is 9.84 Å². The fraction of sp³-hybridized carbons (Fsp3) is 0.520. The highest BCUT2D eigenvalue weighted by atomic mass is 31.1. The average Bonchev–Trinajstić information content (AvgIpc) is 2.76. The van der Waals surface area contributed by atoms with E-state index < -0.39 is 0 Å². The molecule has 2 nitrogen and oxygen atoms in total. The van der Waals surface area contributed by atoms with Crippen molar-refractivity contribution in [1.82, 2.24) is 0 Å². The Morgan fingerprint density at radius 2 is 1.39 bits per heavy atom. The Morgan fingerprint density at radius 3 is 2.00 bits per heavy atom. The molecular formula is C25H33O2P. The first kappa shape index (κ1) is 19.8. The van der Waals surface area contributed by atoms with Crippen LogP contribution >= 0.6 is 7.92 Å². The van der Waals surface area contributed by atoms with Crippen molar-refractivity contribution in [2.24, 2.45) is 0 Å². The van der Waals surface area contributed by atoms with Crippen LogP contribution in [0.3, 0.4) is 0 Å². The normalized spacial score (nSPS) is 19.1. The summed E-state index contributed by atoms with van der Waals surface area (Å²) in [5.41, 5.74) is 3.74. The average molecular weight is 397 g/mol. The SMILES string of the molecule is COc1cccc(O)c1-c1ccccc1P(C1CCCCC1)C1CCCCC1. The number of ether oxygens (including phenoxy) is 1. The van der Waals surface area contributed by atoms with Crippen molar-refractivity contribution in [1.29, 1.82) is 0 Å². The van der Waals surface area contributed by atoms with Gasteiger partial charge in [-0.15, -0.1) is 0 Å². The molecule has 0 radical (unpaired) electrons. The van der Waals surface area contributed by atoms with Crippen LogP contribution in [0.5, 0.6) is 11.5 Å². The number of phenols is 1. The summed E-state index contributed by atoms with van der Waals surface area (Å²) >= 11 is 0. The molecule has 0 amide bonds. The number of phenolic OH excluding ortho intramolecular Hbond substituents is 1. The predicted octanol–water partition coefficient (Wildman–Crippen LogP) is 6.84. The van der Waals surface area contributed by atoms with E-state index in [4.69, 9.17) is 4.74 Å². The highest BCUT2D eigenvalue weighted by Gasteiger charge is 2.34. The second kappa shape index (κ2) is 9.31. The van der Waals surface area contributed by atoms with E-state index in [0.717, 1.165) is 22.6 Å². The number of benzene rings is 2. The fourth-order valence-electron chi connectivity index (χ4n) is 5.28. The van der Waals surface area contributed by atoms with Crippen LogP contribution in [0.2, 0.25) is 0 Å². The minimum Gasteiger partial charge on any atom is -0.507 e. The molecule has 150 valence electrons. The monoisotopic (exact) mass is 396 g/mol. The minimum absolute atomic E-state index is 0.233. The van der Waals surface area contributed by atoms with Crippen LogP contribution in [0, 0.1) is 0 Å². The molecular weight excluding hydrogens is 363 g/mol. The van der Waals surface area contributed by atoms with Crippen LogP contribution in [-0.2, 0) is 0 Å². The van der Waals surface area contributed by atoms with Crippen LogP contribution in [0.25, 0.3) is 11.1 Å². The molecule has 2 fully saturated rings. The van der Waals surface area contributed by atoms with Crippen LogP contribution in [0.4, 0.5) is 0 Å². The number of methoxy groups -OCH3 is 1. The third kappa shape index (κ3) is 4.08. The van der Waals surface area contributed by atoms with Gasteiger partial charge in [0.2, 0.25) is 0 Å². The summed E-state index contributed by atoms with van der Waals surface area (Å²) in [7, 11) is 1.47. The van der Waals surface area contributed by atoms with E-state index in [1.54, 1.807) is 13.2 Å². The lowest BCUT2D eigenvalue weighted by Gasteiger charge is -2.39. The number of hydrogen-bond acceptors (Lipinski definition) is 2. The molecule has 2 aliphatic rings. The largest absolute Gasteiger partial charge is 0.507 e. The minimum atomic E-state index is -0.233. The summed E-state index contributed by atoms with van der Waals surface area (Å²) in [6.45, 7) is 0. The van der Waals surface area contributed by atoms with Crippen LogP contribution < -0.4 is 10.0 Å². The maximum atomic E-state index is 10.7. The van der Waals surface area contributed by atoms with E-state index in [1.165, 1.54) is 75.1 Å². The van der Waals surface area contributed by atoms with Gasteiger partial charge >= 0.3 is 0 Å². The van der Waals surface area contributed by atoms with Crippen LogP contribution in [-0.4, -0.2) is 23.5 Å². The highest BCUT2D eigenvalue weighted by Crippen LogP contribution is 2.56. The molecule has 4 rings (SSSR count). The number of rotatable bonds is 5. The molecule has 0 aromatic heterocycles. The summed E-state index contributed by atoms with van der Waals surface area (Å²) in [5, 5.41) is 12.2. The molecule has 2 saturated carbocycles. The molecule has 0 spiro atoms. The van der Waals surface area contributed by atoms with E-state index in [-0.39, 0.29) is 7.92 Å². The number of hydrogen-bond donors (Lipinski definition) is 1. The van der Waals surface area contributed by atoms with Gasteiger partial charge in [0.15, 0.2) is 0 Å². The molecule has 0 atom stereocenters. The first-order chi connectivity index (χ1) is 13.8. The van der Waals surface area contributed by atoms with Gasteiger partial charge in [0.1, 0.15) is 11.5 Å². The maximum Gasteiger partial charge on any atom is 0.130 e. The van der Waals surface area contributed by atoms with Gasteiger partial charge in [-0.2, -0.15) is 0 Å². The molecule has 1 N–H and O–H groups in total. The Bertz CT molecular complexity index is 758. The Kier molecular flexibility index (Phi) is 6.58. The molecule has 0 aliphatic heterocycles. The molecule has 2 aromatic rings. The lowest BCUT2D eigenvalue weighted by atomic mass is 9.99. The smallest absolute Gasteiger partial charge is 0.130 e. The summed E-state index contributed by atoms with van der Waals surface area (Å²) < 4.78 is 5.65. The maximum absolute atomic E-state index is 10.7. The Balaban J connectivity index is 1.81. The van der Waals surface area contributed by atoms with Gasteiger partial charge in [-0.3, -0.25) is 0 Å². The summed E-state index contributed by atoms with van der Waals surface area (Å²) in [6.07, 6.45) is 13.9. The van der Waals surface area contributed by atoms with E-state index in [9.17, 15) is 5.11 Å². The summed E-state index contributed by atoms with van der Waals surface area (Å²) in [5.74, 6) is 1.10. The highest BCUT2D eigenvalue weighted by molar-refractivity contribution is 7.67. The molecule has 0 unspecified atom stereocenters. The molecule has 2 aromatic carbocycles. The van der Waals surface area contributed by atoms with Gasteiger partial charge in [0, 0.05) is 0 Å². The molecule has 2 aliphatic carbocycles. The molecule has 0 bridgehead atoms. The topological polar surface area (TPSA) is 29.5 Å². The van der Waals surface area contributed by atoms with E-state index in [2.05, 4.69) is 24.3 Å². The second-order valence-electron chi connectivity index (χ2n) is 8.36. The quantitative estimate of drug-likeness (QED) is 0.561. The standard InChI is InChI=1S/C25H33O2P/c1-27-23-17-10-16-22(26)25(23)21-15-8-9-18-24(21)28(19-11-4-2-5-12-19)20-13-6-3-7-14-20/h8-10,15-20,26H,2-7,11-14H2,1H3. The van der Waals surface area contributed by atoms with Gasteiger partial charge in [0.25, 0.3) is 0 Å². The first-order valence-electron chi connectivity index (χ1n) is 11.0. The number of aromatic hydroxyl groups is 1. The van der Waals surface area contributed by atoms with Gasteiger partial charge in [-0.25, -0.2) is 0 Å². The zero-order chi connectivity index (χ0) is 19.3. The van der Waals surface area contributed by atoms with Crippen molar-refractivity contribution in [3.05, 3.63) is 42.5 Å². The van der Waals surface area contributed by atoms with Gasteiger partial charge in [0.05, 0.1) is 12.7 Å². The van der Waals surface area contributed by atoms with E-state index in [0.29, 0.717) is 5.75 Å². The van der Waals surface area contributed by atoms with Crippen molar-refractivity contribution < 1.29 is 9.84 Å². The van der Waals surface area contributed by atoms with E-state index in [1.807, 2.05) is 12.1 Å². The van der Waals surface area contributed by atoms with Crippen molar-refractivity contribution in [3.63, 3.8) is 0 Å². The zero-order valence-corrected chi connectivity index (χ0v) is 18.0. The van der Waals surface area contributed by atoms with Crippen LogP contribution in [0.15, 0.2) is 42.5 Å². The van der Waals surface area contributed by atoms with E-state index >= 15 is 0 Å². The second-order valence-corrected chi connectivity index (χ2v) is 11.1. The zero-order valence-electron chi connectivity index (χ0n) is 17.1. The Hall–Kier alpha value is -1.53. The molecule has 3 heteroatoms. The van der Waals surface area contributed by atoms with Crippen molar-refractivity contribution in [3.8, 4) is 22.6 Å². The third-order valence-corrected chi connectivity index (χ3v) is 10.2. The van der Waals surface area contributed by atoms with Crippen molar-refractivity contribution in [2.75, 3.05) is 7.11 Å². The van der Waals surface area contributed by atoms with Crippen molar-refractivity contribution in [2.45, 2.75) is 75.5 Å². The fourth-order valence-corrected chi connectivity index (χ4v) is 9.23. The Labute approximate surface area is 171 Å². The summed E-state index contributed by atoms with van der Waals surface area (Å²) in [4.78, 5) is 0. The molecule has 28 heavy (non-hydrogen) atoms. The molecule has 0 saturated heterocycles. The lowest BCUT2D eigenvalue weighted by Crippen LogP contribution is -2.27. The van der Waals surface area contributed by atoms with Crippen LogP contribution in [0.1, 0.15) is 64.2 Å². The lowest BCUT2D eigenvalue weighted by molar-refractivity contribution is 0.410. The van der Waals surface area contributed by atoms with Crippen molar-refractivity contribution >= 4 is 13.2 Å².